The Bertz CT molecular complexity index is 882. The largest absolute Gasteiger partial charge is 0.365 e. The highest BCUT2D eigenvalue weighted by Gasteiger charge is 2.37. The molecule has 0 aliphatic carbocycles. The van der Waals surface area contributed by atoms with Crippen molar-refractivity contribution in [3.05, 3.63) is 60.2 Å². The first-order chi connectivity index (χ1) is 15.3. The number of para-hydroxylation sites is 2. The summed E-state index contributed by atoms with van der Waals surface area (Å²) in [5.74, 6) is -0.420. The maximum Gasteiger partial charge on any atom is 0.251 e. The molecule has 6 nitrogen and oxygen atoms in total. The predicted molar refractivity (Wildman–Crippen MR) is 133 cm³/mol. The summed E-state index contributed by atoms with van der Waals surface area (Å²) in [6.45, 7) is 12.6. The molecule has 2 aromatic rings. The molecule has 0 saturated carbocycles. The Kier molecular flexibility index (Phi) is 9.27. The summed E-state index contributed by atoms with van der Waals surface area (Å²) >= 11 is 0. The second kappa shape index (κ2) is 11.7. The van der Waals surface area contributed by atoms with E-state index in [0.717, 1.165) is 16.9 Å². The number of benzene rings is 2. The summed E-state index contributed by atoms with van der Waals surface area (Å²) < 4.78 is 0. The van der Waals surface area contributed by atoms with E-state index in [9.17, 15) is 9.59 Å². The molecule has 0 bridgehead atoms. The third kappa shape index (κ3) is 5.88. The van der Waals surface area contributed by atoms with Crippen LogP contribution in [0.5, 0.6) is 0 Å². The highest BCUT2D eigenvalue weighted by Crippen LogP contribution is 2.35. The van der Waals surface area contributed by atoms with Crippen molar-refractivity contribution in [1.82, 2.24) is 5.32 Å². The summed E-state index contributed by atoms with van der Waals surface area (Å²) in [6, 6.07) is 16.3. The molecule has 0 radical (unpaired) electrons. The van der Waals surface area contributed by atoms with Crippen LogP contribution in [0.25, 0.3) is 0 Å². The second-order valence-corrected chi connectivity index (χ2v) is 8.39. The minimum atomic E-state index is -0.717. The molecule has 0 aromatic heterocycles. The number of nitrogens with two attached hydrogens (primary N) is 1. The van der Waals surface area contributed by atoms with E-state index in [2.05, 4.69) is 24.1 Å². The fourth-order valence-electron chi connectivity index (χ4n) is 3.94. The van der Waals surface area contributed by atoms with Gasteiger partial charge in [0.05, 0.1) is 17.4 Å². The molecule has 2 aromatic carbocycles. The monoisotopic (exact) mass is 438 g/mol. The summed E-state index contributed by atoms with van der Waals surface area (Å²) in [5.41, 5.74) is 9.04. The van der Waals surface area contributed by atoms with Crippen molar-refractivity contribution >= 4 is 23.2 Å². The van der Waals surface area contributed by atoms with Gasteiger partial charge < -0.3 is 20.9 Å². The molecule has 2 atom stereocenters. The van der Waals surface area contributed by atoms with Gasteiger partial charge in [0.15, 0.2) is 0 Å². The number of anilines is 2. The number of fused-ring (bicyclic) bond motifs is 1. The third-order valence-corrected chi connectivity index (χ3v) is 5.46. The molecule has 3 N–H and O–H groups in total. The molecule has 6 heteroatoms. The molecule has 0 spiro atoms. The van der Waals surface area contributed by atoms with Crippen LogP contribution in [0, 0.1) is 0 Å². The van der Waals surface area contributed by atoms with Crippen LogP contribution >= 0.6 is 0 Å². The van der Waals surface area contributed by atoms with Gasteiger partial charge in [0.1, 0.15) is 6.04 Å². The van der Waals surface area contributed by atoms with Crippen LogP contribution < -0.4 is 20.9 Å². The number of nitrogens with zero attached hydrogens (tertiary/aromatic N) is 2. The Morgan fingerprint density at radius 1 is 0.969 bits per heavy atom. The van der Waals surface area contributed by atoms with Crippen molar-refractivity contribution in [2.24, 2.45) is 5.73 Å². The molecule has 3 rings (SSSR count). The van der Waals surface area contributed by atoms with E-state index in [1.54, 1.807) is 4.90 Å². The molecule has 1 aliphatic heterocycles. The molecular weight excluding hydrogens is 400 g/mol. The van der Waals surface area contributed by atoms with E-state index in [1.807, 2.05) is 82.3 Å². The topological polar surface area (TPSA) is 78.7 Å². The number of hydrogen-bond acceptors (Lipinski definition) is 4. The van der Waals surface area contributed by atoms with Crippen molar-refractivity contribution < 1.29 is 9.59 Å². The van der Waals surface area contributed by atoms with Gasteiger partial charge in [0.2, 0.25) is 5.91 Å². The van der Waals surface area contributed by atoms with Crippen molar-refractivity contribution in [3.8, 4) is 0 Å². The number of rotatable bonds is 6. The Morgan fingerprint density at radius 3 is 2.09 bits per heavy atom. The quantitative estimate of drug-likeness (QED) is 0.720. The lowest BCUT2D eigenvalue weighted by Gasteiger charge is -2.31. The van der Waals surface area contributed by atoms with Crippen molar-refractivity contribution in [3.63, 3.8) is 0 Å². The highest BCUT2D eigenvalue weighted by atomic mass is 16.2. The molecule has 174 valence electrons. The van der Waals surface area contributed by atoms with Gasteiger partial charge in [-0.1, -0.05) is 56.3 Å². The molecule has 2 amide bonds. The maximum absolute atomic E-state index is 13.5. The highest BCUT2D eigenvalue weighted by molar-refractivity contribution is 6.04. The van der Waals surface area contributed by atoms with Gasteiger partial charge in [-0.3, -0.25) is 9.59 Å². The molecule has 1 heterocycles. The SMILES string of the molecule is CC.CC(C)N1CC(NC(=O)[C@H](N)Cc2ccccc2)C(=O)N(C(C)C)c2ccccc21. The minimum Gasteiger partial charge on any atom is -0.365 e. The second-order valence-electron chi connectivity index (χ2n) is 8.39. The zero-order valence-electron chi connectivity index (χ0n) is 20.2. The molecule has 1 aliphatic rings. The van der Waals surface area contributed by atoms with E-state index in [1.165, 1.54) is 0 Å². The maximum atomic E-state index is 13.5. The van der Waals surface area contributed by atoms with E-state index in [4.69, 9.17) is 5.73 Å². The van der Waals surface area contributed by atoms with Crippen LogP contribution in [-0.4, -0.2) is 42.5 Å². The first-order valence-electron chi connectivity index (χ1n) is 11.6. The average molecular weight is 439 g/mol. The van der Waals surface area contributed by atoms with E-state index in [-0.39, 0.29) is 23.9 Å². The minimum absolute atomic E-state index is 0.0387. The lowest BCUT2D eigenvalue weighted by Crippen LogP contribution is -2.57. The van der Waals surface area contributed by atoms with Crippen LogP contribution in [-0.2, 0) is 16.0 Å². The van der Waals surface area contributed by atoms with Crippen LogP contribution in [0.1, 0.15) is 47.1 Å². The van der Waals surface area contributed by atoms with Gasteiger partial charge in [-0.05, 0) is 51.8 Å². The van der Waals surface area contributed by atoms with E-state index in [0.29, 0.717) is 13.0 Å². The van der Waals surface area contributed by atoms with Gasteiger partial charge in [0, 0.05) is 18.6 Å². The van der Waals surface area contributed by atoms with Gasteiger partial charge in [-0.15, -0.1) is 0 Å². The van der Waals surface area contributed by atoms with Gasteiger partial charge in [-0.2, -0.15) is 0 Å². The Balaban J connectivity index is 0.00000176. The van der Waals surface area contributed by atoms with Gasteiger partial charge in [0.25, 0.3) is 5.91 Å². The zero-order chi connectivity index (χ0) is 23.8. The Labute approximate surface area is 192 Å². The first kappa shape index (κ1) is 25.4. The smallest absolute Gasteiger partial charge is 0.251 e. The van der Waals surface area contributed by atoms with Crippen LogP contribution in [0.15, 0.2) is 54.6 Å². The van der Waals surface area contributed by atoms with Crippen molar-refractivity contribution in [1.29, 1.82) is 0 Å². The number of carbonyl (C=O) groups is 2. The summed E-state index contributed by atoms with van der Waals surface area (Å²) in [7, 11) is 0. The normalized spacial score (nSPS) is 16.8. The predicted octanol–water partition coefficient (Wildman–Crippen LogP) is 3.74. The lowest BCUT2D eigenvalue weighted by molar-refractivity contribution is -0.128. The number of carbonyl (C=O) groups excluding carboxylic acids is 2. The average Bonchev–Trinajstić information content (AvgIpc) is 2.90. The van der Waals surface area contributed by atoms with Crippen LogP contribution in [0.4, 0.5) is 11.4 Å². The van der Waals surface area contributed by atoms with Crippen LogP contribution in [0.2, 0.25) is 0 Å². The summed E-state index contributed by atoms with van der Waals surface area (Å²) in [4.78, 5) is 30.3. The third-order valence-electron chi connectivity index (χ3n) is 5.46. The lowest BCUT2D eigenvalue weighted by atomic mass is 10.1. The molecule has 32 heavy (non-hydrogen) atoms. The Morgan fingerprint density at radius 2 is 1.53 bits per heavy atom. The number of hydrogen-bond donors (Lipinski definition) is 2. The molecule has 0 fully saturated rings. The fraction of sp³-hybridized carbons (Fsp3) is 0.462. The first-order valence-corrected chi connectivity index (χ1v) is 11.6. The molecular formula is C26H38N4O2. The van der Waals surface area contributed by atoms with E-state index >= 15 is 0 Å². The summed E-state index contributed by atoms with van der Waals surface area (Å²) in [6.07, 6.45) is 0.426. The zero-order valence-corrected chi connectivity index (χ0v) is 20.2. The van der Waals surface area contributed by atoms with Crippen molar-refractivity contribution in [2.75, 3.05) is 16.3 Å². The van der Waals surface area contributed by atoms with E-state index < -0.39 is 12.1 Å². The van der Waals surface area contributed by atoms with Gasteiger partial charge in [-0.25, -0.2) is 0 Å². The number of nitrogens with one attached hydrogen (secondary N) is 1. The Hall–Kier alpha value is -2.86. The van der Waals surface area contributed by atoms with Crippen molar-refractivity contribution in [2.45, 2.75) is 72.1 Å². The summed E-state index contributed by atoms with van der Waals surface area (Å²) in [5, 5.41) is 2.94. The van der Waals surface area contributed by atoms with Crippen LogP contribution in [0.3, 0.4) is 0 Å². The standard InChI is InChI=1S/C24H32N4O2.C2H6/c1-16(2)27-15-20(26-23(29)19(25)14-18-10-6-5-7-11-18)24(30)28(17(3)4)22-13-9-8-12-21(22)27;1-2/h5-13,16-17,19-20H,14-15,25H2,1-4H3,(H,26,29);1-2H3/t19-,20?;/m1./s1. The number of amides is 2. The molecule has 1 unspecified atom stereocenters. The molecule has 0 saturated heterocycles. The van der Waals surface area contributed by atoms with Gasteiger partial charge >= 0.3 is 0 Å². The fourth-order valence-corrected chi connectivity index (χ4v) is 3.94.